The Morgan fingerprint density at radius 2 is 1.03 bits per heavy atom. The van der Waals surface area contributed by atoms with Crippen LogP contribution in [0.25, 0.3) is 21.8 Å². The van der Waals surface area contributed by atoms with Crippen LogP contribution >= 0.6 is 0 Å². The minimum atomic E-state index is -1.48. The molecule has 0 fully saturated rings. The van der Waals surface area contributed by atoms with Crippen molar-refractivity contribution in [1.29, 1.82) is 0 Å². The molecule has 0 saturated carbocycles. The summed E-state index contributed by atoms with van der Waals surface area (Å²) >= 11 is 0. The summed E-state index contributed by atoms with van der Waals surface area (Å²) < 4.78 is 0. The Morgan fingerprint density at radius 3 is 1.57 bits per heavy atom. The minimum absolute atomic E-state index is 0.00463. The van der Waals surface area contributed by atoms with Gasteiger partial charge in [0, 0.05) is 66.9 Å². The molecule has 0 unspecified atom stereocenters. The van der Waals surface area contributed by atoms with Crippen molar-refractivity contribution in [3.8, 4) is 0 Å². The highest BCUT2D eigenvalue weighted by molar-refractivity contribution is 5.96. The number of fused-ring (bicyclic) bond motifs is 2. The summed E-state index contributed by atoms with van der Waals surface area (Å²) in [6.07, 6.45) is 3.38. The van der Waals surface area contributed by atoms with Crippen LogP contribution in [0.5, 0.6) is 0 Å². The summed E-state index contributed by atoms with van der Waals surface area (Å²) in [4.78, 5) is 88.5. The topological polar surface area (TPSA) is 270 Å². The third kappa shape index (κ3) is 13.0. The van der Waals surface area contributed by atoms with E-state index in [0.29, 0.717) is 36.1 Å². The molecule has 2 aromatic heterocycles. The summed E-state index contributed by atoms with van der Waals surface area (Å²) in [5.74, 6) is -3.68. The van der Waals surface area contributed by atoms with Crippen molar-refractivity contribution in [1.82, 2.24) is 41.7 Å². The van der Waals surface area contributed by atoms with Gasteiger partial charge in [-0.2, -0.15) is 0 Å². The maximum Gasteiger partial charge on any atom is 0.336 e. The SMILES string of the molecule is CN(NC(=O)[C@@H](Cc1c[nH]c2ccccc12)NC(=O)[C@@H](O)Cc1ccccc1)C(=O)N[C@@H](Cc1c[nH]c2ccccc12)C(=O)N[C@H](Cc1ccccc1)C(=O)N[C@@H](CCCCN)C(N)=O. The van der Waals surface area contributed by atoms with Gasteiger partial charge in [-0.05, 0) is 60.2 Å². The summed E-state index contributed by atoms with van der Waals surface area (Å²) in [5, 5.41) is 24.2. The number of nitrogens with two attached hydrogens (primary N) is 2. The number of hydrogen-bond acceptors (Lipinski definition) is 8. The first-order valence-corrected chi connectivity index (χ1v) is 21.5. The van der Waals surface area contributed by atoms with Crippen molar-refractivity contribution in [2.45, 2.75) is 75.2 Å². The van der Waals surface area contributed by atoms with E-state index in [1.807, 2.05) is 60.7 Å². The molecule has 6 rings (SSSR count). The van der Waals surface area contributed by atoms with E-state index in [2.05, 4.69) is 36.7 Å². The molecule has 0 aliphatic rings. The number of aliphatic hydroxyl groups excluding tert-OH is 1. The number of primary amides is 1. The minimum Gasteiger partial charge on any atom is -0.383 e. The van der Waals surface area contributed by atoms with Gasteiger partial charge in [-0.25, -0.2) is 9.80 Å². The van der Waals surface area contributed by atoms with Crippen LogP contribution < -0.4 is 38.2 Å². The second-order valence-corrected chi connectivity index (χ2v) is 15.9. The fourth-order valence-electron chi connectivity index (χ4n) is 7.58. The van der Waals surface area contributed by atoms with Gasteiger partial charge in [0.1, 0.15) is 30.3 Å². The van der Waals surface area contributed by atoms with E-state index in [1.165, 1.54) is 7.05 Å². The average molecular weight is 885 g/mol. The number of hydrazine groups is 1. The molecule has 5 atom stereocenters. The van der Waals surface area contributed by atoms with Gasteiger partial charge in [0.15, 0.2) is 0 Å². The lowest BCUT2D eigenvalue weighted by Crippen LogP contribution is -2.60. The predicted octanol–water partition coefficient (Wildman–Crippen LogP) is 2.39. The standard InChI is InChI=1S/C48H56N10O7/c1-58(57-46(63)41(27-33-29-52-37-21-11-9-19-35(33)37)55-47(64)42(59)25-31-16-6-3-7-17-31)48(65)56-40(26-32-28-51-36-20-10-8-18-34(32)36)45(62)54-39(24-30-14-4-2-5-15-30)44(61)53-38(43(50)60)22-12-13-23-49/h2-11,14-21,28-29,38-42,51-52,59H,12-13,22-27,49H2,1H3,(H2,50,60)(H,53,61)(H,54,62)(H,55,64)(H,56,65)(H,57,63)/t38-,39+,40-,41+,42-/m0/s1. The van der Waals surface area contributed by atoms with Crippen molar-refractivity contribution in [3.63, 3.8) is 0 Å². The molecule has 6 aromatic rings. The van der Waals surface area contributed by atoms with E-state index in [4.69, 9.17) is 11.5 Å². The quantitative estimate of drug-likeness (QED) is 0.0378. The number of para-hydroxylation sites is 2. The van der Waals surface area contributed by atoms with Gasteiger partial charge in [-0.3, -0.25) is 29.4 Å². The number of rotatable bonds is 21. The number of nitrogens with zero attached hydrogens (tertiary/aromatic N) is 1. The van der Waals surface area contributed by atoms with Crippen LogP contribution in [0.3, 0.4) is 0 Å². The normalized spacial score (nSPS) is 13.5. The van der Waals surface area contributed by atoms with Gasteiger partial charge in [-0.1, -0.05) is 97.1 Å². The van der Waals surface area contributed by atoms with Crippen LogP contribution in [-0.4, -0.2) is 99.5 Å². The molecule has 17 nitrogen and oxygen atoms in total. The first-order valence-electron chi connectivity index (χ1n) is 21.5. The first kappa shape index (κ1) is 47.0. The predicted molar refractivity (Wildman–Crippen MR) is 246 cm³/mol. The largest absolute Gasteiger partial charge is 0.383 e. The van der Waals surface area contributed by atoms with Crippen molar-refractivity contribution in [2.24, 2.45) is 11.5 Å². The van der Waals surface area contributed by atoms with Gasteiger partial charge in [-0.15, -0.1) is 0 Å². The fourth-order valence-corrected chi connectivity index (χ4v) is 7.58. The van der Waals surface area contributed by atoms with E-state index in [1.54, 1.807) is 60.9 Å². The zero-order chi connectivity index (χ0) is 46.3. The molecule has 17 heteroatoms. The maximum atomic E-state index is 14.4. The van der Waals surface area contributed by atoms with E-state index in [9.17, 15) is 33.9 Å². The number of H-pyrrole nitrogens is 2. The molecule has 7 amide bonds. The van der Waals surface area contributed by atoms with Crippen LogP contribution in [0.2, 0.25) is 0 Å². The lowest BCUT2D eigenvalue weighted by atomic mass is 10.0. The number of carbonyl (C=O) groups excluding carboxylic acids is 6. The van der Waals surface area contributed by atoms with Gasteiger partial charge in [0.05, 0.1) is 0 Å². The number of nitrogens with one attached hydrogen (secondary N) is 7. The Morgan fingerprint density at radius 1 is 0.569 bits per heavy atom. The monoisotopic (exact) mass is 884 g/mol. The second kappa shape index (κ2) is 22.7. The van der Waals surface area contributed by atoms with E-state index in [-0.39, 0.29) is 32.1 Å². The second-order valence-electron chi connectivity index (χ2n) is 15.9. The maximum absolute atomic E-state index is 14.4. The van der Waals surface area contributed by atoms with Gasteiger partial charge in [0.2, 0.25) is 23.6 Å². The van der Waals surface area contributed by atoms with E-state index in [0.717, 1.165) is 32.4 Å². The third-order valence-electron chi connectivity index (χ3n) is 11.1. The number of aliphatic hydroxyl groups is 1. The van der Waals surface area contributed by atoms with Crippen molar-refractivity contribution in [3.05, 3.63) is 144 Å². The highest BCUT2D eigenvalue weighted by Crippen LogP contribution is 2.21. The van der Waals surface area contributed by atoms with Crippen LogP contribution in [0, 0.1) is 0 Å². The summed E-state index contributed by atoms with van der Waals surface area (Å²) in [6.45, 7) is 0.399. The molecule has 0 aliphatic heterocycles. The van der Waals surface area contributed by atoms with E-state index < -0.39 is 65.8 Å². The number of unbranched alkanes of at least 4 members (excludes halogenated alkanes) is 1. The zero-order valence-corrected chi connectivity index (χ0v) is 36.1. The summed E-state index contributed by atoms with van der Waals surface area (Å²) in [6, 6.07) is 27.1. The Kier molecular flexibility index (Phi) is 16.4. The van der Waals surface area contributed by atoms with Crippen LogP contribution in [-0.2, 0) is 49.7 Å². The Hall–Kier alpha value is -7.50. The Labute approximate surface area is 376 Å². The fraction of sp³-hybridized carbons (Fsp3) is 0.292. The molecule has 0 radical (unpaired) electrons. The van der Waals surface area contributed by atoms with Crippen molar-refractivity contribution in [2.75, 3.05) is 13.6 Å². The van der Waals surface area contributed by atoms with Gasteiger partial charge < -0.3 is 47.8 Å². The molecular formula is C48H56N10O7. The van der Waals surface area contributed by atoms with Crippen LogP contribution in [0.4, 0.5) is 4.79 Å². The molecule has 0 saturated heterocycles. The van der Waals surface area contributed by atoms with Crippen LogP contribution in [0.15, 0.2) is 122 Å². The Balaban J connectivity index is 1.22. The number of carbonyl (C=O) groups is 6. The number of hydrogen-bond donors (Lipinski definition) is 10. The Bertz CT molecular complexity index is 2560. The molecule has 340 valence electrons. The molecule has 4 aromatic carbocycles. The van der Waals surface area contributed by atoms with Crippen LogP contribution in [0.1, 0.15) is 41.5 Å². The summed E-state index contributed by atoms with van der Waals surface area (Å²) in [7, 11) is 1.28. The molecule has 2 heterocycles. The first-order chi connectivity index (χ1) is 31.4. The lowest BCUT2D eigenvalue weighted by Gasteiger charge is -2.27. The average Bonchev–Trinajstić information content (AvgIpc) is 3.92. The number of benzene rings is 4. The molecular weight excluding hydrogens is 829 g/mol. The summed E-state index contributed by atoms with van der Waals surface area (Å²) in [5.41, 5.74) is 18.3. The molecule has 65 heavy (non-hydrogen) atoms. The van der Waals surface area contributed by atoms with Crippen molar-refractivity contribution >= 4 is 57.4 Å². The number of urea groups is 1. The smallest absolute Gasteiger partial charge is 0.336 e. The number of aromatic amines is 2. The zero-order valence-electron chi connectivity index (χ0n) is 36.1. The molecule has 0 aliphatic carbocycles. The number of aromatic nitrogens is 2. The molecule has 0 bridgehead atoms. The highest BCUT2D eigenvalue weighted by atomic mass is 16.3. The molecule has 0 spiro atoms. The van der Waals surface area contributed by atoms with Crippen molar-refractivity contribution < 1.29 is 33.9 Å². The number of amides is 7. The highest BCUT2D eigenvalue weighted by Gasteiger charge is 2.32. The molecule has 12 N–H and O–H groups in total. The van der Waals surface area contributed by atoms with Gasteiger partial charge >= 0.3 is 6.03 Å². The van der Waals surface area contributed by atoms with Gasteiger partial charge in [0.25, 0.3) is 5.91 Å². The lowest BCUT2D eigenvalue weighted by molar-refractivity contribution is -0.135. The third-order valence-corrected chi connectivity index (χ3v) is 11.1. The van der Waals surface area contributed by atoms with E-state index >= 15 is 0 Å².